The third kappa shape index (κ3) is 2.76. The predicted molar refractivity (Wildman–Crippen MR) is 83.8 cm³/mol. The number of carbonyl (C=O) groups excluding carboxylic acids is 1. The molecule has 1 aromatic heterocycles. The summed E-state index contributed by atoms with van der Waals surface area (Å²) in [6, 6.07) is 9.95. The van der Waals surface area contributed by atoms with Gasteiger partial charge in [0.25, 0.3) is 0 Å². The van der Waals surface area contributed by atoms with Crippen molar-refractivity contribution in [2.45, 2.75) is 19.8 Å². The molecular formula is C17H21N3O. The van der Waals surface area contributed by atoms with Crippen LogP contribution in [-0.4, -0.2) is 35.4 Å². The highest BCUT2D eigenvalue weighted by Gasteiger charge is 2.34. The molecule has 0 aliphatic carbocycles. The molecule has 1 aromatic carbocycles. The first-order valence-electron chi connectivity index (χ1n) is 7.42. The zero-order chi connectivity index (χ0) is 14.9. The summed E-state index contributed by atoms with van der Waals surface area (Å²) in [5.74, 6) is 0.172. The molecule has 3 rings (SSSR count). The highest BCUT2D eigenvalue weighted by Crippen LogP contribution is 2.29. The predicted octanol–water partition coefficient (Wildman–Crippen LogP) is 1.97. The summed E-state index contributed by atoms with van der Waals surface area (Å²) in [5.41, 5.74) is 7.81. The van der Waals surface area contributed by atoms with Crippen LogP contribution < -0.4 is 5.73 Å². The zero-order valence-corrected chi connectivity index (χ0v) is 12.4. The van der Waals surface area contributed by atoms with Gasteiger partial charge in [0, 0.05) is 24.7 Å². The van der Waals surface area contributed by atoms with Crippen LogP contribution in [0.15, 0.2) is 36.5 Å². The first-order valence-corrected chi connectivity index (χ1v) is 7.42. The van der Waals surface area contributed by atoms with Crippen LogP contribution >= 0.6 is 0 Å². The number of carbonyl (C=O) groups is 1. The summed E-state index contributed by atoms with van der Waals surface area (Å²) in [4.78, 5) is 18.9. The number of amides is 1. The number of hydrogen-bond acceptors (Lipinski definition) is 3. The van der Waals surface area contributed by atoms with Crippen molar-refractivity contribution in [1.82, 2.24) is 9.88 Å². The van der Waals surface area contributed by atoms with Crippen LogP contribution in [0.5, 0.6) is 0 Å². The summed E-state index contributed by atoms with van der Waals surface area (Å²) in [6.45, 7) is 4.36. The Labute approximate surface area is 125 Å². The van der Waals surface area contributed by atoms with Gasteiger partial charge in [-0.25, -0.2) is 0 Å². The van der Waals surface area contributed by atoms with Crippen LogP contribution in [-0.2, 0) is 11.2 Å². The summed E-state index contributed by atoms with van der Waals surface area (Å²) in [7, 11) is 0. The van der Waals surface area contributed by atoms with Crippen molar-refractivity contribution in [3.63, 3.8) is 0 Å². The molecule has 0 bridgehead atoms. The zero-order valence-electron chi connectivity index (χ0n) is 12.4. The molecule has 0 saturated carbocycles. The second kappa shape index (κ2) is 5.45. The Morgan fingerprint density at radius 3 is 2.95 bits per heavy atom. The van der Waals surface area contributed by atoms with Crippen molar-refractivity contribution >= 4 is 16.8 Å². The van der Waals surface area contributed by atoms with Crippen molar-refractivity contribution in [3.05, 3.63) is 42.1 Å². The van der Waals surface area contributed by atoms with Gasteiger partial charge in [-0.2, -0.15) is 0 Å². The van der Waals surface area contributed by atoms with Crippen LogP contribution in [0.25, 0.3) is 10.9 Å². The van der Waals surface area contributed by atoms with Crippen molar-refractivity contribution in [1.29, 1.82) is 0 Å². The first-order chi connectivity index (χ1) is 10.1. The van der Waals surface area contributed by atoms with E-state index in [1.807, 2.05) is 35.2 Å². The molecule has 1 amide bonds. The fourth-order valence-electron chi connectivity index (χ4n) is 2.99. The Hall–Kier alpha value is -1.94. The summed E-state index contributed by atoms with van der Waals surface area (Å²) in [5, 5.41) is 1.08. The standard InChI is InChI=1S/C17H21N3O/c1-17(11-18)7-9-20(12-17)15(21)10-14-5-2-4-13-6-3-8-19-16(13)14/h2-6,8H,7,9-12,18H2,1H3. The third-order valence-electron chi connectivity index (χ3n) is 4.46. The lowest BCUT2D eigenvalue weighted by molar-refractivity contribution is -0.129. The molecule has 21 heavy (non-hydrogen) atoms. The molecule has 1 aliphatic heterocycles. The monoisotopic (exact) mass is 283 g/mol. The van der Waals surface area contributed by atoms with E-state index < -0.39 is 0 Å². The number of fused-ring (bicyclic) bond motifs is 1. The van der Waals surface area contributed by atoms with Crippen molar-refractivity contribution in [2.75, 3.05) is 19.6 Å². The largest absolute Gasteiger partial charge is 0.342 e. The van der Waals surface area contributed by atoms with Gasteiger partial charge in [-0.05, 0) is 30.0 Å². The molecule has 2 aromatic rings. The van der Waals surface area contributed by atoms with Crippen molar-refractivity contribution in [3.8, 4) is 0 Å². The lowest BCUT2D eigenvalue weighted by atomic mass is 9.90. The van der Waals surface area contributed by atoms with Gasteiger partial charge in [-0.3, -0.25) is 9.78 Å². The molecule has 0 spiro atoms. The molecule has 4 heteroatoms. The molecule has 110 valence electrons. The lowest BCUT2D eigenvalue weighted by Gasteiger charge is -2.22. The maximum Gasteiger partial charge on any atom is 0.227 e. The van der Waals surface area contributed by atoms with Gasteiger partial charge in [-0.1, -0.05) is 31.2 Å². The van der Waals surface area contributed by atoms with E-state index in [0.717, 1.165) is 36.0 Å². The van der Waals surface area contributed by atoms with Gasteiger partial charge in [0.15, 0.2) is 0 Å². The van der Waals surface area contributed by atoms with E-state index >= 15 is 0 Å². The number of benzene rings is 1. The Balaban J connectivity index is 1.78. The highest BCUT2D eigenvalue weighted by molar-refractivity contribution is 5.87. The fourth-order valence-corrected chi connectivity index (χ4v) is 2.99. The fraction of sp³-hybridized carbons (Fsp3) is 0.412. The normalized spacial score (nSPS) is 21.9. The average Bonchev–Trinajstić information content (AvgIpc) is 2.91. The molecule has 0 radical (unpaired) electrons. The van der Waals surface area contributed by atoms with Crippen molar-refractivity contribution in [2.24, 2.45) is 11.1 Å². The maximum absolute atomic E-state index is 12.5. The Morgan fingerprint density at radius 1 is 1.38 bits per heavy atom. The summed E-state index contributed by atoms with van der Waals surface area (Å²) in [6.07, 6.45) is 3.18. The number of hydrogen-bond donors (Lipinski definition) is 1. The molecule has 1 saturated heterocycles. The maximum atomic E-state index is 12.5. The van der Waals surface area contributed by atoms with E-state index in [0.29, 0.717) is 13.0 Å². The first kappa shape index (κ1) is 14.0. The van der Waals surface area contributed by atoms with E-state index in [1.165, 1.54) is 0 Å². The van der Waals surface area contributed by atoms with Gasteiger partial charge in [0.05, 0.1) is 11.9 Å². The topological polar surface area (TPSA) is 59.2 Å². The smallest absolute Gasteiger partial charge is 0.227 e. The second-order valence-electron chi connectivity index (χ2n) is 6.25. The second-order valence-corrected chi connectivity index (χ2v) is 6.25. The number of nitrogens with two attached hydrogens (primary N) is 1. The molecule has 1 unspecified atom stereocenters. The van der Waals surface area contributed by atoms with Crippen LogP contribution in [0.3, 0.4) is 0 Å². The molecule has 1 atom stereocenters. The number of rotatable bonds is 3. The Morgan fingerprint density at radius 2 is 2.19 bits per heavy atom. The molecule has 2 N–H and O–H groups in total. The number of para-hydroxylation sites is 1. The van der Waals surface area contributed by atoms with E-state index in [-0.39, 0.29) is 11.3 Å². The summed E-state index contributed by atoms with van der Waals surface area (Å²) < 4.78 is 0. The molecular weight excluding hydrogens is 262 g/mol. The number of pyridine rings is 1. The molecule has 2 heterocycles. The van der Waals surface area contributed by atoms with Crippen molar-refractivity contribution < 1.29 is 4.79 Å². The minimum atomic E-state index is 0.0761. The minimum Gasteiger partial charge on any atom is -0.342 e. The molecule has 1 fully saturated rings. The Kier molecular flexibility index (Phi) is 3.64. The van der Waals surface area contributed by atoms with Gasteiger partial charge in [-0.15, -0.1) is 0 Å². The van der Waals surface area contributed by atoms with Gasteiger partial charge in [0.1, 0.15) is 0 Å². The van der Waals surface area contributed by atoms with E-state index in [1.54, 1.807) is 6.20 Å². The van der Waals surface area contributed by atoms with E-state index in [4.69, 9.17) is 5.73 Å². The SMILES string of the molecule is CC1(CN)CCN(C(=O)Cc2cccc3cccnc23)C1. The van der Waals surface area contributed by atoms with Gasteiger partial charge in [0.2, 0.25) is 5.91 Å². The Bertz CT molecular complexity index is 665. The van der Waals surface area contributed by atoms with Gasteiger partial charge < -0.3 is 10.6 Å². The lowest BCUT2D eigenvalue weighted by Crippen LogP contribution is -2.35. The van der Waals surface area contributed by atoms with E-state index in [2.05, 4.69) is 11.9 Å². The highest BCUT2D eigenvalue weighted by atomic mass is 16.2. The third-order valence-corrected chi connectivity index (χ3v) is 4.46. The average molecular weight is 283 g/mol. The van der Waals surface area contributed by atoms with Crippen LogP contribution in [0.2, 0.25) is 0 Å². The summed E-state index contributed by atoms with van der Waals surface area (Å²) >= 11 is 0. The van der Waals surface area contributed by atoms with Gasteiger partial charge >= 0.3 is 0 Å². The quantitative estimate of drug-likeness (QED) is 0.937. The number of likely N-dealkylation sites (tertiary alicyclic amines) is 1. The van der Waals surface area contributed by atoms with Crippen LogP contribution in [0.1, 0.15) is 18.9 Å². The number of aromatic nitrogens is 1. The minimum absolute atomic E-state index is 0.0761. The molecule has 1 aliphatic rings. The van der Waals surface area contributed by atoms with Crippen LogP contribution in [0, 0.1) is 5.41 Å². The molecule has 4 nitrogen and oxygen atoms in total. The number of nitrogens with zero attached hydrogens (tertiary/aromatic N) is 2. The van der Waals surface area contributed by atoms with Crippen LogP contribution in [0.4, 0.5) is 0 Å². The van der Waals surface area contributed by atoms with E-state index in [9.17, 15) is 4.79 Å².